The van der Waals surface area contributed by atoms with Crippen LogP contribution >= 0.6 is 11.8 Å². The van der Waals surface area contributed by atoms with E-state index in [1.165, 1.54) is 0 Å². The number of thioether (sulfide) groups is 1. The molecule has 0 spiro atoms. The lowest BCUT2D eigenvalue weighted by atomic mass is 10.2. The van der Waals surface area contributed by atoms with Gasteiger partial charge in [-0.2, -0.15) is 0 Å². The molecule has 1 rings (SSSR count). The minimum Gasteiger partial charge on any atom is -0.480 e. The molecule has 1 aliphatic rings. The molecule has 0 aromatic heterocycles. The first-order valence-electron chi connectivity index (χ1n) is 6.27. The summed E-state index contributed by atoms with van der Waals surface area (Å²) >= 11 is 1.60. The van der Waals surface area contributed by atoms with Gasteiger partial charge in [0.2, 0.25) is 5.91 Å². The van der Waals surface area contributed by atoms with Crippen LogP contribution in [0.3, 0.4) is 0 Å². The van der Waals surface area contributed by atoms with E-state index in [0.29, 0.717) is 12.2 Å². The molecule has 2 atom stereocenters. The lowest BCUT2D eigenvalue weighted by Crippen LogP contribution is -2.45. The number of nitrogens with zero attached hydrogens (tertiary/aromatic N) is 1. The van der Waals surface area contributed by atoms with E-state index in [2.05, 4.69) is 6.92 Å². The molecular formula is C12H21NO3S. The van der Waals surface area contributed by atoms with Crippen molar-refractivity contribution in [1.82, 2.24) is 4.90 Å². The number of hydrogen-bond acceptors (Lipinski definition) is 3. The van der Waals surface area contributed by atoms with Gasteiger partial charge in [-0.25, -0.2) is 4.79 Å². The molecule has 1 amide bonds. The third-order valence-electron chi connectivity index (χ3n) is 2.95. The third kappa shape index (κ3) is 3.63. The van der Waals surface area contributed by atoms with Gasteiger partial charge in [0.15, 0.2) is 0 Å². The van der Waals surface area contributed by atoms with Crippen molar-refractivity contribution in [2.45, 2.75) is 57.4 Å². The zero-order valence-electron chi connectivity index (χ0n) is 10.5. The van der Waals surface area contributed by atoms with Gasteiger partial charge in [0.25, 0.3) is 0 Å². The Kier molecular flexibility index (Phi) is 5.82. The van der Waals surface area contributed by atoms with Crippen molar-refractivity contribution >= 4 is 23.6 Å². The van der Waals surface area contributed by atoms with Crippen LogP contribution in [0.5, 0.6) is 0 Å². The molecule has 1 aliphatic heterocycles. The maximum Gasteiger partial charge on any atom is 0.327 e. The van der Waals surface area contributed by atoms with Gasteiger partial charge in [-0.05, 0) is 12.8 Å². The fourth-order valence-electron chi connectivity index (χ4n) is 2.01. The van der Waals surface area contributed by atoms with Gasteiger partial charge in [-0.1, -0.05) is 26.7 Å². The second-order valence-corrected chi connectivity index (χ2v) is 5.55. The first-order chi connectivity index (χ1) is 8.11. The molecule has 1 saturated heterocycles. The summed E-state index contributed by atoms with van der Waals surface area (Å²) in [5, 5.41) is 9.20. The lowest BCUT2D eigenvalue weighted by Gasteiger charge is -2.27. The highest BCUT2D eigenvalue weighted by Gasteiger charge is 2.40. The minimum atomic E-state index is -0.874. The van der Waals surface area contributed by atoms with Crippen molar-refractivity contribution in [2.75, 3.05) is 5.75 Å². The van der Waals surface area contributed by atoms with E-state index in [-0.39, 0.29) is 11.3 Å². The van der Waals surface area contributed by atoms with Gasteiger partial charge in [0.1, 0.15) is 6.04 Å². The SMILES string of the molecule is CCCCC(=O)N1[C@@H](CCC)SC[C@H]1C(=O)O. The second kappa shape index (κ2) is 6.89. The standard InChI is InChI=1S/C12H21NO3S/c1-3-5-7-10(14)13-9(12(15)16)8-17-11(13)6-4-2/h9,11H,3-8H2,1-2H3,(H,15,16)/t9-,11+/m0/s1. The molecular weight excluding hydrogens is 238 g/mol. The van der Waals surface area contributed by atoms with Crippen LogP contribution in [0, 0.1) is 0 Å². The fourth-order valence-corrected chi connectivity index (χ4v) is 3.55. The number of aliphatic carboxylic acids is 1. The largest absolute Gasteiger partial charge is 0.480 e. The highest BCUT2D eigenvalue weighted by atomic mass is 32.2. The van der Waals surface area contributed by atoms with Crippen LogP contribution in [0.2, 0.25) is 0 Å². The van der Waals surface area contributed by atoms with Gasteiger partial charge in [0.05, 0.1) is 5.37 Å². The molecule has 0 unspecified atom stereocenters. The second-order valence-electron chi connectivity index (χ2n) is 4.34. The van der Waals surface area contributed by atoms with Crippen LogP contribution in [0.4, 0.5) is 0 Å². The number of carbonyl (C=O) groups excluding carboxylic acids is 1. The summed E-state index contributed by atoms with van der Waals surface area (Å²) in [5.41, 5.74) is 0. The molecule has 5 heteroatoms. The molecule has 17 heavy (non-hydrogen) atoms. The first kappa shape index (κ1) is 14.4. The van der Waals surface area contributed by atoms with Crippen molar-refractivity contribution in [1.29, 1.82) is 0 Å². The van der Waals surface area contributed by atoms with E-state index in [1.807, 2.05) is 6.92 Å². The normalized spacial score (nSPS) is 24.0. The third-order valence-corrected chi connectivity index (χ3v) is 4.30. The number of hydrogen-bond donors (Lipinski definition) is 1. The van der Waals surface area contributed by atoms with Gasteiger partial charge in [-0.3, -0.25) is 4.79 Å². The van der Waals surface area contributed by atoms with Crippen LogP contribution in [0.15, 0.2) is 0 Å². The number of rotatable bonds is 6. The Morgan fingerprint density at radius 2 is 2.06 bits per heavy atom. The summed E-state index contributed by atoms with van der Waals surface area (Å²) in [6.45, 7) is 4.09. The fraction of sp³-hybridized carbons (Fsp3) is 0.833. The molecule has 1 fully saturated rings. The summed E-state index contributed by atoms with van der Waals surface area (Å²) in [5.74, 6) is -0.346. The minimum absolute atomic E-state index is 0.00250. The topological polar surface area (TPSA) is 57.6 Å². The summed E-state index contributed by atoms with van der Waals surface area (Å²) in [4.78, 5) is 24.8. The molecule has 0 aliphatic carbocycles. The van der Waals surface area contributed by atoms with Crippen molar-refractivity contribution in [3.63, 3.8) is 0 Å². The molecule has 0 radical (unpaired) electrons. The predicted molar refractivity (Wildman–Crippen MR) is 68.9 cm³/mol. The van der Waals surface area contributed by atoms with Gasteiger partial charge >= 0.3 is 5.97 Å². The van der Waals surface area contributed by atoms with E-state index in [1.54, 1.807) is 16.7 Å². The summed E-state index contributed by atoms with van der Waals surface area (Å²) in [6.07, 6.45) is 4.13. The Balaban J connectivity index is 2.70. The van der Waals surface area contributed by atoms with Crippen LogP contribution in [0.25, 0.3) is 0 Å². The maximum absolute atomic E-state index is 12.1. The highest BCUT2D eigenvalue weighted by molar-refractivity contribution is 8.00. The van der Waals surface area contributed by atoms with Crippen molar-refractivity contribution in [2.24, 2.45) is 0 Å². The lowest BCUT2D eigenvalue weighted by molar-refractivity contribution is -0.149. The number of amides is 1. The van der Waals surface area contributed by atoms with E-state index in [0.717, 1.165) is 25.7 Å². The average Bonchev–Trinajstić information content (AvgIpc) is 2.70. The van der Waals surface area contributed by atoms with Crippen LogP contribution in [0.1, 0.15) is 46.0 Å². The van der Waals surface area contributed by atoms with Crippen molar-refractivity contribution in [3.8, 4) is 0 Å². The zero-order valence-corrected chi connectivity index (χ0v) is 11.3. The van der Waals surface area contributed by atoms with E-state index in [4.69, 9.17) is 5.11 Å². The molecule has 1 heterocycles. The van der Waals surface area contributed by atoms with E-state index < -0.39 is 12.0 Å². The number of unbranched alkanes of at least 4 members (excludes halogenated alkanes) is 1. The summed E-state index contributed by atoms with van der Waals surface area (Å²) in [7, 11) is 0. The van der Waals surface area contributed by atoms with Crippen LogP contribution in [-0.4, -0.2) is 39.1 Å². The number of carboxylic acids is 1. The van der Waals surface area contributed by atoms with E-state index in [9.17, 15) is 9.59 Å². The van der Waals surface area contributed by atoms with E-state index >= 15 is 0 Å². The Morgan fingerprint density at radius 1 is 1.35 bits per heavy atom. The Labute approximate surface area is 107 Å². The van der Waals surface area contributed by atoms with Crippen molar-refractivity contribution < 1.29 is 14.7 Å². The van der Waals surface area contributed by atoms with Gasteiger partial charge in [-0.15, -0.1) is 11.8 Å². The molecule has 0 bridgehead atoms. The Hall–Kier alpha value is -0.710. The van der Waals surface area contributed by atoms with Crippen LogP contribution in [-0.2, 0) is 9.59 Å². The molecule has 0 aromatic rings. The summed E-state index contributed by atoms with van der Waals surface area (Å²) < 4.78 is 0. The average molecular weight is 259 g/mol. The quantitative estimate of drug-likeness (QED) is 0.795. The molecule has 98 valence electrons. The molecule has 0 aromatic carbocycles. The maximum atomic E-state index is 12.1. The number of carboxylic acid groups (broad SMARTS) is 1. The van der Waals surface area contributed by atoms with Crippen molar-refractivity contribution in [3.05, 3.63) is 0 Å². The number of carbonyl (C=O) groups is 2. The zero-order chi connectivity index (χ0) is 12.8. The first-order valence-corrected chi connectivity index (χ1v) is 7.32. The monoisotopic (exact) mass is 259 g/mol. The van der Waals surface area contributed by atoms with Gasteiger partial charge in [0, 0.05) is 12.2 Å². The molecule has 4 nitrogen and oxygen atoms in total. The van der Waals surface area contributed by atoms with Gasteiger partial charge < -0.3 is 10.0 Å². The molecule has 1 N–H and O–H groups in total. The smallest absolute Gasteiger partial charge is 0.327 e. The Bertz CT molecular complexity index is 283. The summed E-state index contributed by atoms with van der Waals surface area (Å²) in [6, 6.07) is -0.624. The Morgan fingerprint density at radius 3 is 2.59 bits per heavy atom. The highest BCUT2D eigenvalue weighted by Crippen LogP contribution is 2.33. The van der Waals surface area contributed by atoms with Crippen LogP contribution < -0.4 is 0 Å². The molecule has 0 saturated carbocycles. The predicted octanol–water partition coefficient (Wildman–Crippen LogP) is 2.33.